The number of amides is 1. The summed E-state index contributed by atoms with van der Waals surface area (Å²) in [6, 6.07) is 1.75. The van der Waals surface area contributed by atoms with Crippen LogP contribution in [0.1, 0.15) is 29.4 Å². The summed E-state index contributed by atoms with van der Waals surface area (Å²) < 4.78 is 5.03. The highest BCUT2D eigenvalue weighted by Crippen LogP contribution is 2.21. The van der Waals surface area contributed by atoms with Gasteiger partial charge in [0.2, 0.25) is 0 Å². The third-order valence-corrected chi connectivity index (χ3v) is 3.96. The predicted octanol–water partition coefficient (Wildman–Crippen LogP) is 1.37. The second kappa shape index (κ2) is 4.86. The molecule has 1 aliphatic rings. The van der Waals surface area contributed by atoms with E-state index in [4.69, 9.17) is 4.52 Å². The molecule has 0 aliphatic carbocycles. The largest absolute Gasteiger partial charge is 0.391 e. The highest BCUT2D eigenvalue weighted by Gasteiger charge is 2.28. The highest BCUT2D eigenvalue weighted by molar-refractivity contribution is 5.97. The van der Waals surface area contributed by atoms with Gasteiger partial charge in [-0.15, -0.1) is 0 Å². The molecule has 3 heterocycles. The van der Waals surface area contributed by atoms with Crippen molar-refractivity contribution < 1.29 is 14.4 Å². The van der Waals surface area contributed by atoms with Gasteiger partial charge in [0.25, 0.3) is 11.6 Å². The fourth-order valence-corrected chi connectivity index (χ4v) is 2.48. The van der Waals surface area contributed by atoms with Crippen molar-refractivity contribution in [3.63, 3.8) is 0 Å². The van der Waals surface area contributed by atoms with E-state index < -0.39 is 6.10 Å². The Labute approximate surface area is 116 Å². The smallest absolute Gasteiger partial charge is 0.257 e. The molecule has 6 heteroatoms. The Balaban J connectivity index is 1.86. The maximum absolute atomic E-state index is 12.5. The minimum absolute atomic E-state index is 0.106. The summed E-state index contributed by atoms with van der Waals surface area (Å²) in [7, 11) is 0. The zero-order valence-electron chi connectivity index (χ0n) is 11.5. The van der Waals surface area contributed by atoms with Crippen LogP contribution in [0.5, 0.6) is 0 Å². The lowest BCUT2D eigenvalue weighted by molar-refractivity contribution is 0.0248. The van der Waals surface area contributed by atoms with Crippen LogP contribution in [0.2, 0.25) is 0 Å². The van der Waals surface area contributed by atoms with E-state index in [1.165, 1.54) is 6.20 Å². The molecule has 3 rings (SSSR count). The van der Waals surface area contributed by atoms with Gasteiger partial charge in [-0.1, -0.05) is 12.1 Å². The number of aromatic nitrogens is 2. The number of β-amino-alcohol motifs (C(OH)–C–C–N with tert-alkyl or cyclic N) is 1. The van der Waals surface area contributed by atoms with Gasteiger partial charge in [-0.05, 0) is 25.3 Å². The second-order valence-corrected chi connectivity index (χ2v) is 5.43. The van der Waals surface area contributed by atoms with E-state index in [9.17, 15) is 9.90 Å². The van der Waals surface area contributed by atoms with E-state index in [0.29, 0.717) is 24.4 Å². The van der Waals surface area contributed by atoms with E-state index in [2.05, 4.69) is 10.1 Å². The molecule has 0 bridgehead atoms. The fourth-order valence-electron chi connectivity index (χ4n) is 2.48. The first-order valence-electron chi connectivity index (χ1n) is 6.75. The lowest BCUT2D eigenvalue weighted by atomic mass is 9.95. The van der Waals surface area contributed by atoms with Gasteiger partial charge < -0.3 is 14.5 Å². The number of hydrogen-bond donors (Lipinski definition) is 1. The summed E-state index contributed by atoms with van der Waals surface area (Å²) in [6.45, 7) is 4.85. The summed E-state index contributed by atoms with van der Waals surface area (Å²) in [6.07, 6.45) is 1.86. The number of aliphatic hydroxyl groups is 1. The van der Waals surface area contributed by atoms with Crippen LogP contribution in [-0.2, 0) is 0 Å². The number of carbonyl (C=O) groups excluding carboxylic acids is 1. The van der Waals surface area contributed by atoms with Crippen LogP contribution in [-0.4, -0.2) is 45.2 Å². The zero-order valence-corrected chi connectivity index (χ0v) is 11.5. The van der Waals surface area contributed by atoms with E-state index in [1.807, 2.05) is 13.8 Å². The third kappa shape index (κ3) is 2.16. The van der Waals surface area contributed by atoms with Crippen LogP contribution >= 0.6 is 0 Å². The SMILES string of the molecule is Cc1noc2ncc(C(=O)N3CCC(C)C(O)C3)cc12. The topological polar surface area (TPSA) is 79.5 Å². The van der Waals surface area contributed by atoms with Crippen molar-refractivity contribution in [2.75, 3.05) is 13.1 Å². The maximum Gasteiger partial charge on any atom is 0.257 e. The Kier molecular flexibility index (Phi) is 3.17. The van der Waals surface area contributed by atoms with E-state index >= 15 is 0 Å². The molecule has 2 aromatic rings. The predicted molar refractivity (Wildman–Crippen MR) is 72.2 cm³/mol. The Bertz CT molecular complexity index is 652. The standard InChI is InChI=1S/C14H17N3O3/c1-8-3-4-17(7-12(8)18)14(19)10-5-11-9(2)16-20-13(11)15-6-10/h5-6,8,12,18H,3-4,7H2,1-2H3. The van der Waals surface area contributed by atoms with E-state index in [1.54, 1.807) is 11.0 Å². The van der Waals surface area contributed by atoms with Gasteiger partial charge >= 0.3 is 0 Å². The molecule has 1 saturated heterocycles. The molecular formula is C14H17N3O3. The monoisotopic (exact) mass is 275 g/mol. The number of hydrogen-bond acceptors (Lipinski definition) is 5. The molecule has 106 valence electrons. The lowest BCUT2D eigenvalue weighted by Gasteiger charge is -2.34. The zero-order chi connectivity index (χ0) is 14.3. The van der Waals surface area contributed by atoms with Crippen molar-refractivity contribution >= 4 is 17.0 Å². The molecule has 0 aromatic carbocycles. The van der Waals surface area contributed by atoms with Crippen LogP contribution in [0.3, 0.4) is 0 Å². The van der Waals surface area contributed by atoms with Crippen LogP contribution in [0.15, 0.2) is 16.8 Å². The lowest BCUT2D eigenvalue weighted by Crippen LogP contribution is -2.45. The second-order valence-electron chi connectivity index (χ2n) is 5.43. The number of fused-ring (bicyclic) bond motifs is 1. The number of pyridine rings is 1. The van der Waals surface area contributed by atoms with Gasteiger partial charge in [0.1, 0.15) is 0 Å². The first-order chi connectivity index (χ1) is 9.56. The van der Waals surface area contributed by atoms with Gasteiger partial charge in [0, 0.05) is 19.3 Å². The van der Waals surface area contributed by atoms with Gasteiger partial charge in [-0.3, -0.25) is 4.79 Å². The Hall–Kier alpha value is -1.95. The van der Waals surface area contributed by atoms with Gasteiger partial charge in [-0.2, -0.15) is 0 Å². The number of aliphatic hydroxyl groups excluding tert-OH is 1. The number of likely N-dealkylation sites (tertiary alicyclic amines) is 1. The molecule has 0 radical (unpaired) electrons. The summed E-state index contributed by atoms with van der Waals surface area (Å²) in [4.78, 5) is 18.2. The Morgan fingerprint density at radius 3 is 3.10 bits per heavy atom. The van der Waals surface area contributed by atoms with Crippen molar-refractivity contribution in [2.24, 2.45) is 5.92 Å². The van der Waals surface area contributed by atoms with Gasteiger partial charge in [0.15, 0.2) is 0 Å². The van der Waals surface area contributed by atoms with Crippen LogP contribution in [0, 0.1) is 12.8 Å². The van der Waals surface area contributed by atoms with Crippen molar-refractivity contribution in [1.29, 1.82) is 0 Å². The minimum atomic E-state index is -0.457. The molecule has 1 fully saturated rings. The summed E-state index contributed by atoms with van der Waals surface area (Å²) in [5, 5.41) is 14.5. The maximum atomic E-state index is 12.5. The van der Waals surface area contributed by atoms with Crippen molar-refractivity contribution in [1.82, 2.24) is 15.0 Å². The molecule has 1 amide bonds. The molecular weight excluding hydrogens is 258 g/mol. The van der Waals surface area contributed by atoms with E-state index in [0.717, 1.165) is 17.5 Å². The van der Waals surface area contributed by atoms with Crippen molar-refractivity contribution in [2.45, 2.75) is 26.4 Å². The van der Waals surface area contributed by atoms with Crippen molar-refractivity contribution in [3.8, 4) is 0 Å². The molecule has 1 N–H and O–H groups in total. The number of nitrogens with zero attached hydrogens (tertiary/aromatic N) is 3. The quantitative estimate of drug-likeness (QED) is 0.850. The normalized spacial score (nSPS) is 23.2. The molecule has 2 atom stereocenters. The number of piperidine rings is 1. The van der Waals surface area contributed by atoms with Crippen LogP contribution in [0.25, 0.3) is 11.1 Å². The average molecular weight is 275 g/mol. The third-order valence-electron chi connectivity index (χ3n) is 3.96. The molecule has 1 aliphatic heterocycles. The molecule has 2 aromatic heterocycles. The van der Waals surface area contributed by atoms with Crippen molar-refractivity contribution in [3.05, 3.63) is 23.5 Å². The molecule has 2 unspecified atom stereocenters. The average Bonchev–Trinajstić information content (AvgIpc) is 2.82. The van der Waals surface area contributed by atoms with E-state index in [-0.39, 0.29) is 11.8 Å². The van der Waals surface area contributed by atoms with Crippen LogP contribution in [0.4, 0.5) is 0 Å². The number of carbonyl (C=O) groups is 1. The first kappa shape index (κ1) is 13.1. The molecule has 6 nitrogen and oxygen atoms in total. The highest BCUT2D eigenvalue weighted by atomic mass is 16.5. The number of aryl methyl sites for hydroxylation is 1. The summed E-state index contributed by atoms with van der Waals surface area (Å²) >= 11 is 0. The Morgan fingerprint density at radius 2 is 2.35 bits per heavy atom. The van der Waals surface area contributed by atoms with Crippen LogP contribution < -0.4 is 0 Å². The molecule has 0 saturated carbocycles. The molecule has 20 heavy (non-hydrogen) atoms. The fraction of sp³-hybridized carbons (Fsp3) is 0.500. The Morgan fingerprint density at radius 1 is 1.55 bits per heavy atom. The van der Waals surface area contributed by atoms with Gasteiger partial charge in [0.05, 0.1) is 22.7 Å². The molecule has 0 spiro atoms. The first-order valence-corrected chi connectivity index (χ1v) is 6.75. The van der Waals surface area contributed by atoms with Gasteiger partial charge in [-0.25, -0.2) is 4.98 Å². The number of rotatable bonds is 1. The summed E-state index contributed by atoms with van der Waals surface area (Å²) in [5.74, 6) is 0.130. The minimum Gasteiger partial charge on any atom is -0.391 e. The summed E-state index contributed by atoms with van der Waals surface area (Å²) in [5.41, 5.74) is 1.66.